The summed E-state index contributed by atoms with van der Waals surface area (Å²) in [5, 5.41) is 4.94. The lowest BCUT2D eigenvalue weighted by Crippen LogP contribution is -2.41. The number of hydrogen-bond donors (Lipinski definition) is 1. The first-order chi connectivity index (χ1) is 9.35. The van der Waals surface area contributed by atoms with Gasteiger partial charge >= 0.3 is 0 Å². The zero-order valence-corrected chi connectivity index (χ0v) is 13.1. The minimum Gasteiger partial charge on any atom is -0.362 e. The highest BCUT2D eigenvalue weighted by atomic mass is 32.2. The molecule has 0 aromatic carbocycles. The summed E-state index contributed by atoms with van der Waals surface area (Å²) in [6, 6.07) is 0.746. The summed E-state index contributed by atoms with van der Waals surface area (Å²) in [4.78, 5) is 4.89. The average Bonchev–Trinajstić information content (AvgIpc) is 2.93. The summed E-state index contributed by atoms with van der Waals surface area (Å²) >= 11 is 1.97. The van der Waals surface area contributed by atoms with E-state index in [-0.39, 0.29) is 0 Å². The molecule has 2 saturated carbocycles. The highest BCUT2D eigenvalue weighted by Crippen LogP contribution is 2.34. The second kappa shape index (κ2) is 6.51. The fraction of sp³-hybridized carbons (Fsp3) is 0.938. The predicted molar refractivity (Wildman–Crippen MR) is 84.8 cm³/mol. The van der Waals surface area contributed by atoms with Gasteiger partial charge in [-0.3, -0.25) is 4.99 Å². The highest BCUT2D eigenvalue weighted by Gasteiger charge is 2.32. The molecule has 0 aromatic rings. The third-order valence-corrected chi connectivity index (χ3v) is 6.55. The topological polar surface area (TPSA) is 24.4 Å². The van der Waals surface area contributed by atoms with Crippen LogP contribution in [0.25, 0.3) is 0 Å². The minimum absolute atomic E-state index is 0.746. The number of nitrogens with zero attached hydrogens (tertiary/aromatic N) is 1. The molecule has 2 aliphatic carbocycles. The maximum atomic E-state index is 4.89. The van der Waals surface area contributed by atoms with E-state index >= 15 is 0 Å². The van der Waals surface area contributed by atoms with Crippen LogP contribution in [0, 0.1) is 17.8 Å². The monoisotopic (exact) mass is 280 g/mol. The lowest BCUT2D eigenvalue weighted by molar-refractivity contribution is 0.274. The van der Waals surface area contributed by atoms with Gasteiger partial charge in [0.15, 0.2) is 5.17 Å². The van der Waals surface area contributed by atoms with E-state index in [0.29, 0.717) is 0 Å². The first-order valence-electron chi connectivity index (χ1n) is 8.29. The van der Waals surface area contributed by atoms with Crippen LogP contribution < -0.4 is 5.32 Å². The molecule has 3 heteroatoms. The van der Waals surface area contributed by atoms with Crippen LogP contribution in [0.5, 0.6) is 0 Å². The Morgan fingerprint density at radius 3 is 2.68 bits per heavy atom. The second-order valence-electron chi connectivity index (χ2n) is 6.69. The standard InChI is InChI=1S/C16H28N2S/c1-2-12-6-8-13(9-7-12)10-17-16-18-15-5-3-4-14(15)11-19-16/h12-15H,2-11H2,1H3,(H,17,18). The first-order valence-corrected chi connectivity index (χ1v) is 9.27. The second-order valence-corrected chi connectivity index (χ2v) is 7.70. The molecule has 3 fully saturated rings. The van der Waals surface area contributed by atoms with Crippen molar-refractivity contribution in [3.63, 3.8) is 0 Å². The minimum atomic E-state index is 0.746. The van der Waals surface area contributed by atoms with Gasteiger partial charge in [-0.15, -0.1) is 0 Å². The Kier molecular flexibility index (Phi) is 4.73. The highest BCUT2D eigenvalue weighted by molar-refractivity contribution is 8.13. The fourth-order valence-electron chi connectivity index (χ4n) is 3.94. The van der Waals surface area contributed by atoms with E-state index in [4.69, 9.17) is 4.99 Å². The van der Waals surface area contributed by atoms with E-state index in [1.54, 1.807) is 0 Å². The van der Waals surface area contributed by atoms with Crippen molar-refractivity contribution in [3.8, 4) is 0 Å². The fourth-order valence-corrected chi connectivity index (χ4v) is 5.11. The van der Waals surface area contributed by atoms with Crippen molar-refractivity contribution < 1.29 is 0 Å². The Morgan fingerprint density at radius 1 is 1.11 bits per heavy atom. The van der Waals surface area contributed by atoms with Crippen LogP contribution in [0.4, 0.5) is 0 Å². The smallest absolute Gasteiger partial charge is 0.156 e. The van der Waals surface area contributed by atoms with E-state index < -0.39 is 0 Å². The normalized spacial score (nSPS) is 41.0. The Balaban J connectivity index is 1.45. The van der Waals surface area contributed by atoms with Gasteiger partial charge in [-0.1, -0.05) is 44.4 Å². The molecule has 2 unspecified atom stereocenters. The van der Waals surface area contributed by atoms with Crippen molar-refractivity contribution in [2.24, 2.45) is 22.7 Å². The average molecular weight is 280 g/mol. The molecule has 108 valence electrons. The van der Waals surface area contributed by atoms with Crippen LogP contribution in [0.2, 0.25) is 0 Å². The molecule has 0 amide bonds. The molecule has 1 N–H and O–H groups in total. The number of fused-ring (bicyclic) bond motifs is 1. The molecule has 2 atom stereocenters. The van der Waals surface area contributed by atoms with Gasteiger partial charge in [0.2, 0.25) is 0 Å². The van der Waals surface area contributed by atoms with Crippen molar-refractivity contribution in [2.75, 3.05) is 12.3 Å². The lowest BCUT2D eigenvalue weighted by atomic mass is 9.81. The molecule has 1 aliphatic heterocycles. The maximum Gasteiger partial charge on any atom is 0.156 e. The summed E-state index contributed by atoms with van der Waals surface area (Å²) in [7, 11) is 0. The van der Waals surface area contributed by atoms with Crippen LogP contribution in [0.3, 0.4) is 0 Å². The zero-order valence-electron chi connectivity index (χ0n) is 12.2. The van der Waals surface area contributed by atoms with Crippen molar-refractivity contribution in [1.29, 1.82) is 0 Å². The molecule has 0 bridgehead atoms. The molecule has 0 spiro atoms. The van der Waals surface area contributed by atoms with Crippen LogP contribution in [0.15, 0.2) is 4.99 Å². The van der Waals surface area contributed by atoms with Gasteiger partial charge in [0.1, 0.15) is 0 Å². The Labute approximate surface area is 122 Å². The predicted octanol–water partition coefficient (Wildman–Crippen LogP) is 4.06. The molecular formula is C16H28N2S. The van der Waals surface area contributed by atoms with Crippen LogP contribution in [-0.4, -0.2) is 23.5 Å². The molecule has 3 rings (SSSR count). The van der Waals surface area contributed by atoms with Crippen molar-refractivity contribution in [1.82, 2.24) is 5.32 Å². The number of aliphatic imine (C=N–C) groups is 1. The summed E-state index contributed by atoms with van der Waals surface area (Å²) in [5.74, 6) is 4.09. The molecule has 0 aromatic heterocycles. The molecular weight excluding hydrogens is 252 g/mol. The van der Waals surface area contributed by atoms with Crippen molar-refractivity contribution >= 4 is 16.9 Å². The number of amidine groups is 1. The van der Waals surface area contributed by atoms with Gasteiger partial charge in [-0.2, -0.15) is 0 Å². The third-order valence-electron chi connectivity index (χ3n) is 5.44. The Bertz CT molecular complexity index is 321. The largest absolute Gasteiger partial charge is 0.362 e. The number of nitrogens with one attached hydrogen (secondary N) is 1. The van der Waals surface area contributed by atoms with Crippen molar-refractivity contribution in [3.05, 3.63) is 0 Å². The molecule has 19 heavy (non-hydrogen) atoms. The van der Waals surface area contributed by atoms with Crippen LogP contribution in [0.1, 0.15) is 58.3 Å². The SMILES string of the molecule is CCC1CCC(CN=C2NC3CCCC3CS2)CC1. The van der Waals surface area contributed by atoms with Gasteiger partial charge in [0.25, 0.3) is 0 Å². The summed E-state index contributed by atoms with van der Waals surface area (Å²) in [5.41, 5.74) is 0. The van der Waals surface area contributed by atoms with E-state index in [1.165, 1.54) is 62.3 Å². The summed E-state index contributed by atoms with van der Waals surface area (Å²) in [6.07, 6.45) is 11.3. The quantitative estimate of drug-likeness (QED) is 0.843. The Hall–Kier alpha value is -0.180. The van der Waals surface area contributed by atoms with E-state index in [2.05, 4.69) is 12.2 Å². The maximum absolute atomic E-state index is 4.89. The van der Waals surface area contributed by atoms with E-state index in [9.17, 15) is 0 Å². The van der Waals surface area contributed by atoms with Crippen LogP contribution >= 0.6 is 11.8 Å². The first kappa shape index (κ1) is 13.8. The summed E-state index contributed by atoms with van der Waals surface area (Å²) in [6.45, 7) is 3.41. The van der Waals surface area contributed by atoms with Gasteiger partial charge in [-0.25, -0.2) is 0 Å². The molecule has 1 heterocycles. The molecule has 3 aliphatic rings. The Morgan fingerprint density at radius 2 is 1.89 bits per heavy atom. The van der Waals surface area contributed by atoms with E-state index in [0.717, 1.165) is 30.3 Å². The lowest BCUT2D eigenvalue weighted by Gasteiger charge is -2.29. The number of rotatable bonds is 3. The van der Waals surface area contributed by atoms with Gasteiger partial charge < -0.3 is 5.32 Å². The number of hydrogen-bond acceptors (Lipinski definition) is 2. The molecule has 0 radical (unpaired) electrons. The van der Waals surface area contributed by atoms with Gasteiger partial charge in [0.05, 0.1) is 0 Å². The van der Waals surface area contributed by atoms with Gasteiger partial charge in [0, 0.05) is 18.3 Å². The molecule has 1 saturated heterocycles. The number of thioether (sulfide) groups is 1. The van der Waals surface area contributed by atoms with E-state index in [1.807, 2.05) is 11.8 Å². The van der Waals surface area contributed by atoms with Crippen molar-refractivity contribution in [2.45, 2.75) is 64.3 Å². The zero-order chi connectivity index (χ0) is 13.1. The molecule has 2 nitrogen and oxygen atoms in total. The summed E-state index contributed by atoms with van der Waals surface area (Å²) < 4.78 is 0. The van der Waals surface area contributed by atoms with Gasteiger partial charge in [-0.05, 0) is 43.4 Å². The van der Waals surface area contributed by atoms with Crippen LogP contribution in [-0.2, 0) is 0 Å². The third kappa shape index (κ3) is 3.48.